The molecule has 0 aliphatic carbocycles. The molecule has 2 aromatic rings. The second kappa shape index (κ2) is 5.30. The SMILES string of the molecule is CNC(c1cccnc1)c1cc(Cl)ccc1C. The zero-order chi connectivity index (χ0) is 12.3. The zero-order valence-electron chi connectivity index (χ0n) is 9.94. The van der Waals surface area contributed by atoms with Crippen molar-refractivity contribution in [1.82, 2.24) is 10.3 Å². The molecule has 0 amide bonds. The summed E-state index contributed by atoms with van der Waals surface area (Å²) < 4.78 is 0. The van der Waals surface area contributed by atoms with E-state index in [4.69, 9.17) is 11.6 Å². The third kappa shape index (κ3) is 2.65. The largest absolute Gasteiger partial charge is 0.309 e. The van der Waals surface area contributed by atoms with Crippen LogP contribution in [0.1, 0.15) is 22.7 Å². The topological polar surface area (TPSA) is 24.9 Å². The Morgan fingerprint density at radius 3 is 2.76 bits per heavy atom. The molecule has 17 heavy (non-hydrogen) atoms. The number of aryl methyl sites for hydroxylation is 1. The van der Waals surface area contributed by atoms with Gasteiger partial charge in [0, 0.05) is 17.4 Å². The number of nitrogens with zero attached hydrogens (tertiary/aromatic N) is 1. The molecule has 0 saturated carbocycles. The number of benzene rings is 1. The minimum atomic E-state index is 0.127. The number of hydrogen-bond acceptors (Lipinski definition) is 2. The molecule has 88 valence electrons. The summed E-state index contributed by atoms with van der Waals surface area (Å²) in [5.41, 5.74) is 3.55. The van der Waals surface area contributed by atoms with Crippen LogP contribution in [-0.2, 0) is 0 Å². The summed E-state index contributed by atoms with van der Waals surface area (Å²) in [7, 11) is 1.94. The molecule has 0 spiro atoms. The molecule has 0 saturated heterocycles. The second-order valence-electron chi connectivity index (χ2n) is 4.01. The smallest absolute Gasteiger partial charge is 0.0592 e. The molecule has 3 heteroatoms. The van der Waals surface area contributed by atoms with E-state index >= 15 is 0 Å². The average Bonchev–Trinajstić information content (AvgIpc) is 2.36. The number of rotatable bonds is 3. The highest BCUT2D eigenvalue weighted by molar-refractivity contribution is 6.30. The summed E-state index contributed by atoms with van der Waals surface area (Å²) in [4.78, 5) is 4.16. The van der Waals surface area contributed by atoms with Crippen LogP contribution in [-0.4, -0.2) is 12.0 Å². The summed E-state index contributed by atoms with van der Waals surface area (Å²) in [5.74, 6) is 0. The molecule has 1 heterocycles. The van der Waals surface area contributed by atoms with Gasteiger partial charge in [-0.3, -0.25) is 4.98 Å². The van der Waals surface area contributed by atoms with E-state index < -0.39 is 0 Å². The van der Waals surface area contributed by atoms with Crippen molar-refractivity contribution >= 4 is 11.6 Å². The predicted octanol–water partition coefficient (Wildman–Crippen LogP) is 3.35. The van der Waals surface area contributed by atoms with Gasteiger partial charge in [-0.15, -0.1) is 0 Å². The van der Waals surface area contributed by atoms with E-state index in [1.54, 1.807) is 6.20 Å². The van der Waals surface area contributed by atoms with Crippen LogP contribution in [0.4, 0.5) is 0 Å². The first kappa shape index (κ1) is 12.1. The quantitative estimate of drug-likeness (QED) is 0.899. The monoisotopic (exact) mass is 246 g/mol. The Morgan fingerprint density at radius 1 is 1.29 bits per heavy atom. The van der Waals surface area contributed by atoms with Crippen molar-refractivity contribution in [2.45, 2.75) is 13.0 Å². The Kier molecular flexibility index (Phi) is 3.77. The maximum absolute atomic E-state index is 6.06. The van der Waals surface area contributed by atoms with Gasteiger partial charge in [-0.2, -0.15) is 0 Å². The van der Waals surface area contributed by atoms with Gasteiger partial charge in [0.25, 0.3) is 0 Å². The average molecular weight is 247 g/mol. The van der Waals surface area contributed by atoms with Crippen molar-refractivity contribution in [3.8, 4) is 0 Å². The van der Waals surface area contributed by atoms with E-state index in [0.29, 0.717) is 0 Å². The van der Waals surface area contributed by atoms with Crippen molar-refractivity contribution in [1.29, 1.82) is 0 Å². The fraction of sp³-hybridized carbons (Fsp3) is 0.214. The van der Waals surface area contributed by atoms with Crippen LogP contribution in [0.25, 0.3) is 0 Å². The first-order valence-corrected chi connectivity index (χ1v) is 5.93. The maximum atomic E-state index is 6.06. The van der Waals surface area contributed by atoms with Crippen LogP contribution in [0.2, 0.25) is 5.02 Å². The third-order valence-electron chi connectivity index (χ3n) is 2.86. The molecule has 2 rings (SSSR count). The molecule has 1 atom stereocenters. The standard InChI is InChI=1S/C14H15ClN2/c1-10-5-6-12(15)8-13(10)14(16-2)11-4-3-7-17-9-11/h3-9,14,16H,1-2H3. The Bertz CT molecular complexity index is 497. The number of halogens is 1. The number of pyridine rings is 1. The molecule has 0 fully saturated rings. The Labute approximate surface area is 107 Å². The zero-order valence-corrected chi connectivity index (χ0v) is 10.7. The minimum absolute atomic E-state index is 0.127. The van der Waals surface area contributed by atoms with E-state index in [1.165, 1.54) is 11.1 Å². The Balaban J connectivity index is 2.46. The van der Waals surface area contributed by atoms with Gasteiger partial charge < -0.3 is 5.32 Å². The molecule has 0 bridgehead atoms. The van der Waals surface area contributed by atoms with Gasteiger partial charge in [-0.05, 0) is 48.9 Å². The highest BCUT2D eigenvalue weighted by Gasteiger charge is 2.14. The van der Waals surface area contributed by atoms with Crippen LogP contribution in [0.3, 0.4) is 0 Å². The lowest BCUT2D eigenvalue weighted by atomic mass is 9.96. The van der Waals surface area contributed by atoms with E-state index in [2.05, 4.69) is 23.3 Å². The van der Waals surface area contributed by atoms with E-state index in [0.717, 1.165) is 10.6 Å². The van der Waals surface area contributed by atoms with E-state index in [1.807, 2.05) is 37.5 Å². The molecule has 2 nitrogen and oxygen atoms in total. The highest BCUT2D eigenvalue weighted by atomic mass is 35.5. The molecular formula is C14H15ClN2. The van der Waals surface area contributed by atoms with Gasteiger partial charge in [-0.1, -0.05) is 23.7 Å². The lowest BCUT2D eigenvalue weighted by Crippen LogP contribution is -2.18. The Morgan fingerprint density at radius 2 is 2.12 bits per heavy atom. The molecule has 1 unspecified atom stereocenters. The summed E-state index contributed by atoms with van der Waals surface area (Å²) in [6, 6.07) is 10.1. The number of aromatic nitrogens is 1. The fourth-order valence-electron chi connectivity index (χ4n) is 1.97. The van der Waals surface area contributed by atoms with Crippen LogP contribution in [0.5, 0.6) is 0 Å². The lowest BCUT2D eigenvalue weighted by molar-refractivity contribution is 0.684. The Hall–Kier alpha value is -1.38. The van der Waals surface area contributed by atoms with Gasteiger partial charge in [0.05, 0.1) is 6.04 Å². The highest BCUT2D eigenvalue weighted by Crippen LogP contribution is 2.26. The van der Waals surface area contributed by atoms with Crippen LogP contribution >= 0.6 is 11.6 Å². The van der Waals surface area contributed by atoms with Crippen LogP contribution < -0.4 is 5.32 Å². The number of hydrogen-bond donors (Lipinski definition) is 1. The minimum Gasteiger partial charge on any atom is -0.309 e. The van der Waals surface area contributed by atoms with E-state index in [9.17, 15) is 0 Å². The van der Waals surface area contributed by atoms with Crippen molar-refractivity contribution < 1.29 is 0 Å². The summed E-state index contributed by atoms with van der Waals surface area (Å²) in [6.45, 7) is 2.09. The molecule has 1 N–H and O–H groups in total. The first-order chi connectivity index (χ1) is 8.22. The van der Waals surface area contributed by atoms with Crippen molar-refractivity contribution in [2.75, 3.05) is 7.05 Å². The predicted molar refractivity (Wildman–Crippen MR) is 71.3 cm³/mol. The molecule has 0 aliphatic heterocycles. The van der Waals surface area contributed by atoms with Crippen LogP contribution in [0, 0.1) is 6.92 Å². The normalized spacial score (nSPS) is 12.4. The van der Waals surface area contributed by atoms with E-state index in [-0.39, 0.29) is 6.04 Å². The first-order valence-electron chi connectivity index (χ1n) is 5.55. The molecule has 0 aliphatic rings. The van der Waals surface area contributed by atoms with Crippen molar-refractivity contribution in [3.05, 3.63) is 64.4 Å². The van der Waals surface area contributed by atoms with Crippen LogP contribution in [0.15, 0.2) is 42.7 Å². The van der Waals surface area contributed by atoms with Gasteiger partial charge in [0.2, 0.25) is 0 Å². The summed E-state index contributed by atoms with van der Waals surface area (Å²) in [6.07, 6.45) is 3.66. The second-order valence-corrected chi connectivity index (χ2v) is 4.45. The third-order valence-corrected chi connectivity index (χ3v) is 3.09. The van der Waals surface area contributed by atoms with Crippen molar-refractivity contribution in [3.63, 3.8) is 0 Å². The maximum Gasteiger partial charge on any atom is 0.0592 e. The molecule has 0 radical (unpaired) electrons. The summed E-state index contributed by atoms with van der Waals surface area (Å²) in [5, 5.41) is 4.06. The van der Waals surface area contributed by atoms with Gasteiger partial charge >= 0.3 is 0 Å². The van der Waals surface area contributed by atoms with Gasteiger partial charge in [0.1, 0.15) is 0 Å². The molecule has 1 aromatic heterocycles. The lowest BCUT2D eigenvalue weighted by Gasteiger charge is -2.19. The van der Waals surface area contributed by atoms with Gasteiger partial charge in [-0.25, -0.2) is 0 Å². The molecule has 1 aromatic carbocycles. The molecular weight excluding hydrogens is 232 g/mol. The van der Waals surface area contributed by atoms with Crippen molar-refractivity contribution in [2.24, 2.45) is 0 Å². The fourth-order valence-corrected chi connectivity index (χ4v) is 2.15. The summed E-state index contributed by atoms with van der Waals surface area (Å²) >= 11 is 6.06. The number of nitrogens with one attached hydrogen (secondary N) is 1. The van der Waals surface area contributed by atoms with Gasteiger partial charge in [0.15, 0.2) is 0 Å².